The van der Waals surface area contributed by atoms with Crippen LogP contribution in [-0.2, 0) is 13.1 Å². The van der Waals surface area contributed by atoms with Crippen molar-refractivity contribution in [3.8, 4) is 0 Å². The van der Waals surface area contributed by atoms with Gasteiger partial charge >= 0.3 is 6.03 Å². The molecule has 7 nitrogen and oxygen atoms in total. The molecule has 0 aliphatic carbocycles. The minimum Gasteiger partial charge on any atom is -0.467 e. The lowest BCUT2D eigenvalue weighted by Gasteiger charge is -2.11. The van der Waals surface area contributed by atoms with Gasteiger partial charge in [0.15, 0.2) is 0 Å². The van der Waals surface area contributed by atoms with E-state index in [1.54, 1.807) is 36.6 Å². The van der Waals surface area contributed by atoms with E-state index >= 15 is 0 Å². The van der Waals surface area contributed by atoms with Crippen molar-refractivity contribution in [3.05, 3.63) is 59.5 Å². The molecule has 7 heteroatoms. The van der Waals surface area contributed by atoms with Gasteiger partial charge in [-0.2, -0.15) is 0 Å². The molecule has 0 saturated carbocycles. The van der Waals surface area contributed by atoms with Gasteiger partial charge in [0, 0.05) is 25.3 Å². The molecule has 0 saturated heterocycles. The van der Waals surface area contributed by atoms with Crippen molar-refractivity contribution in [1.82, 2.24) is 16.0 Å². The standard InChI is InChI=1S/C18H23N3O4/c1-13(12-22)9-20-18(24)21-10-14-4-2-5-15(8-14)17(23)19-11-16-6-3-7-25-16/h2-8,13,22H,9-12H2,1H3,(H,19,23)(H2,20,21,24). The normalized spacial score (nSPS) is 11.6. The molecule has 0 aliphatic rings. The van der Waals surface area contributed by atoms with E-state index in [9.17, 15) is 9.59 Å². The average molecular weight is 345 g/mol. The van der Waals surface area contributed by atoms with Gasteiger partial charge in [-0.25, -0.2) is 4.79 Å². The van der Waals surface area contributed by atoms with Crippen LogP contribution in [-0.4, -0.2) is 30.2 Å². The summed E-state index contributed by atoms with van der Waals surface area (Å²) in [5, 5.41) is 17.1. The highest BCUT2D eigenvalue weighted by Gasteiger charge is 2.08. The van der Waals surface area contributed by atoms with Crippen molar-refractivity contribution in [2.75, 3.05) is 13.2 Å². The van der Waals surface area contributed by atoms with Crippen molar-refractivity contribution in [3.63, 3.8) is 0 Å². The third-order valence-electron chi connectivity index (χ3n) is 3.57. The molecule has 1 aromatic heterocycles. The lowest BCUT2D eigenvalue weighted by Crippen LogP contribution is -2.38. The topological polar surface area (TPSA) is 104 Å². The first-order valence-electron chi connectivity index (χ1n) is 8.10. The van der Waals surface area contributed by atoms with Crippen LogP contribution in [0.25, 0.3) is 0 Å². The minimum absolute atomic E-state index is 0.00642. The van der Waals surface area contributed by atoms with Gasteiger partial charge in [-0.1, -0.05) is 19.1 Å². The predicted octanol–water partition coefficient (Wildman–Crippen LogP) is 1.64. The maximum Gasteiger partial charge on any atom is 0.315 e. The number of hydrogen-bond donors (Lipinski definition) is 4. The van der Waals surface area contributed by atoms with Crippen LogP contribution >= 0.6 is 0 Å². The van der Waals surface area contributed by atoms with E-state index in [1.165, 1.54) is 0 Å². The highest BCUT2D eigenvalue weighted by atomic mass is 16.3. The first kappa shape index (κ1) is 18.5. The summed E-state index contributed by atoms with van der Waals surface area (Å²) in [6, 6.07) is 10.3. The van der Waals surface area contributed by atoms with Gasteiger partial charge < -0.3 is 25.5 Å². The van der Waals surface area contributed by atoms with E-state index in [0.29, 0.717) is 31.0 Å². The number of hydrogen-bond acceptors (Lipinski definition) is 4. The van der Waals surface area contributed by atoms with Gasteiger partial charge in [-0.3, -0.25) is 4.79 Å². The van der Waals surface area contributed by atoms with Crippen molar-refractivity contribution >= 4 is 11.9 Å². The first-order valence-corrected chi connectivity index (χ1v) is 8.10. The minimum atomic E-state index is -0.312. The molecule has 1 aromatic carbocycles. The number of urea groups is 1. The number of amides is 3. The summed E-state index contributed by atoms with van der Waals surface area (Å²) in [5.74, 6) is 0.478. The molecule has 0 spiro atoms. The van der Waals surface area contributed by atoms with Crippen LogP contribution < -0.4 is 16.0 Å². The van der Waals surface area contributed by atoms with Crippen LogP contribution in [0.1, 0.15) is 28.6 Å². The van der Waals surface area contributed by atoms with Crippen LogP contribution in [0.5, 0.6) is 0 Å². The van der Waals surface area contributed by atoms with Crippen LogP contribution in [0.2, 0.25) is 0 Å². The van der Waals surface area contributed by atoms with E-state index in [4.69, 9.17) is 9.52 Å². The second-order valence-corrected chi connectivity index (χ2v) is 5.81. The maximum atomic E-state index is 12.2. The number of benzene rings is 1. The Bertz CT molecular complexity index is 685. The Morgan fingerprint density at radius 1 is 1.12 bits per heavy atom. The Hall–Kier alpha value is -2.80. The Kier molecular flexibility index (Phi) is 7.03. The van der Waals surface area contributed by atoms with E-state index in [2.05, 4.69) is 16.0 Å². The molecule has 1 atom stereocenters. The number of carbonyl (C=O) groups excluding carboxylic acids is 2. The third-order valence-corrected chi connectivity index (χ3v) is 3.57. The SMILES string of the molecule is CC(CO)CNC(=O)NCc1cccc(C(=O)NCc2ccco2)c1. The fraction of sp³-hybridized carbons (Fsp3) is 0.333. The van der Waals surface area contributed by atoms with Gasteiger partial charge in [-0.05, 0) is 35.7 Å². The monoisotopic (exact) mass is 345 g/mol. The van der Waals surface area contributed by atoms with E-state index < -0.39 is 0 Å². The van der Waals surface area contributed by atoms with Crippen molar-refractivity contribution < 1.29 is 19.1 Å². The molecule has 134 valence electrons. The van der Waals surface area contributed by atoms with Gasteiger partial charge in [0.25, 0.3) is 5.91 Å². The number of nitrogens with one attached hydrogen (secondary N) is 3. The smallest absolute Gasteiger partial charge is 0.315 e. The molecule has 0 fully saturated rings. The third kappa shape index (κ3) is 6.31. The van der Waals surface area contributed by atoms with Gasteiger partial charge in [0.05, 0.1) is 12.8 Å². The summed E-state index contributed by atoms with van der Waals surface area (Å²) in [6.07, 6.45) is 1.56. The largest absolute Gasteiger partial charge is 0.467 e. The number of carbonyl (C=O) groups is 2. The molecule has 1 unspecified atom stereocenters. The Balaban J connectivity index is 1.81. The molecule has 25 heavy (non-hydrogen) atoms. The fourth-order valence-corrected chi connectivity index (χ4v) is 2.08. The molecule has 2 rings (SSSR count). The quantitative estimate of drug-likeness (QED) is 0.584. The summed E-state index contributed by atoms with van der Waals surface area (Å²) in [6.45, 7) is 2.89. The highest BCUT2D eigenvalue weighted by molar-refractivity contribution is 5.94. The second-order valence-electron chi connectivity index (χ2n) is 5.81. The maximum absolute atomic E-state index is 12.2. The molecular formula is C18H23N3O4. The van der Waals surface area contributed by atoms with Crippen LogP contribution in [0, 0.1) is 5.92 Å². The molecule has 4 N–H and O–H groups in total. The van der Waals surface area contributed by atoms with Gasteiger partial charge in [0.1, 0.15) is 5.76 Å². The van der Waals surface area contributed by atoms with Crippen LogP contribution in [0.4, 0.5) is 4.79 Å². The van der Waals surface area contributed by atoms with E-state index in [0.717, 1.165) is 5.56 Å². The molecule has 0 radical (unpaired) electrons. The van der Waals surface area contributed by atoms with Crippen molar-refractivity contribution in [2.24, 2.45) is 5.92 Å². The zero-order valence-electron chi connectivity index (χ0n) is 14.1. The lowest BCUT2D eigenvalue weighted by molar-refractivity contribution is 0.0948. The summed E-state index contributed by atoms with van der Waals surface area (Å²) < 4.78 is 5.17. The molecule has 2 aromatic rings. The molecule has 1 heterocycles. The van der Waals surface area contributed by atoms with E-state index in [-0.39, 0.29) is 24.5 Å². The van der Waals surface area contributed by atoms with Crippen LogP contribution in [0.3, 0.4) is 0 Å². The van der Waals surface area contributed by atoms with Gasteiger partial charge in [0.2, 0.25) is 0 Å². The Labute approximate surface area is 146 Å². The summed E-state index contributed by atoms with van der Waals surface area (Å²) in [4.78, 5) is 23.9. The highest BCUT2D eigenvalue weighted by Crippen LogP contribution is 2.06. The number of aliphatic hydroxyl groups is 1. The summed E-state index contributed by atoms with van der Waals surface area (Å²) >= 11 is 0. The predicted molar refractivity (Wildman–Crippen MR) is 92.8 cm³/mol. The number of rotatable bonds is 8. The second kappa shape index (κ2) is 9.48. The fourth-order valence-electron chi connectivity index (χ4n) is 2.08. The zero-order valence-corrected chi connectivity index (χ0v) is 14.1. The molecule has 0 aliphatic heterocycles. The molecule has 3 amide bonds. The average Bonchev–Trinajstić information content (AvgIpc) is 3.16. The van der Waals surface area contributed by atoms with Gasteiger partial charge in [-0.15, -0.1) is 0 Å². The lowest BCUT2D eigenvalue weighted by atomic mass is 10.1. The molecular weight excluding hydrogens is 322 g/mol. The number of aliphatic hydroxyl groups excluding tert-OH is 1. The van der Waals surface area contributed by atoms with Crippen LogP contribution in [0.15, 0.2) is 47.1 Å². The van der Waals surface area contributed by atoms with Crippen molar-refractivity contribution in [2.45, 2.75) is 20.0 Å². The summed E-state index contributed by atoms with van der Waals surface area (Å²) in [5.41, 5.74) is 1.33. The van der Waals surface area contributed by atoms with E-state index in [1.807, 2.05) is 13.0 Å². The first-order chi connectivity index (χ1) is 12.1. The number of furan rings is 1. The Morgan fingerprint density at radius 3 is 2.68 bits per heavy atom. The Morgan fingerprint density at radius 2 is 1.96 bits per heavy atom. The van der Waals surface area contributed by atoms with Crippen molar-refractivity contribution in [1.29, 1.82) is 0 Å². The molecule has 0 bridgehead atoms. The summed E-state index contributed by atoms with van der Waals surface area (Å²) in [7, 11) is 0. The zero-order chi connectivity index (χ0) is 18.1.